The van der Waals surface area contributed by atoms with Gasteiger partial charge in [0.25, 0.3) is 0 Å². The zero-order valence-corrected chi connectivity index (χ0v) is 22.2. The van der Waals surface area contributed by atoms with Gasteiger partial charge in [0.15, 0.2) is 0 Å². The van der Waals surface area contributed by atoms with E-state index in [0.717, 1.165) is 10.4 Å². The highest BCUT2D eigenvalue weighted by atomic mass is 32.2. The Hall–Kier alpha value is -2.32. The van der Waals surface area contributed by atoms with E-state index in [9.17, 15) is 36.6 Å². The van der Waals surface area contributed by atoms with Gasteiger partial charge in [-0.15, -0.1) is 0 Å². The molecule has 1 saturated heterocycles. The molecule has 1 aliphatic carbocycles. The number of allylic oxidation sites excluding steroid dienone is 1. The molecular weight excluding hydrogens is 530 g/mol. The number of likely N-dealkylation sites (N-methyl/N-ethyl adjacent to an activating group) is 1. The molecule has 0 radical (unpaired) electrons. The molecule has 1 aliphatic heterocycles. The lowest BCUT2D eigenvalue weighted by molar-refractivity contribution is -0.156. The fourth-order valence-corrected chi connectivity index (χ4v) is 6.36. The smallest absolute Gasteiger partial charge is 0.407 e. The van der Waals surface area contributed by atoms with Crippen LogP contribution in [0.5, 0.6) is 0 Å². The minimum absolute atomic E-state index is 0.000764. The normalized spacial score (nSPS) is 23.9. The number of carbonyl (C=O) groups is 1. The van der Waals surface area contributed by atoms with Crippen molar-refractivity contribution >= 4 is 21.6 Å². The zero-order valence-electron chi connectivity index (χ0n) is 21.4. The maximum Gasteiger partial charge on any atom is 0.407 e. The van der Waals surface area contributed by atoms with E-state index in [-0.39, 0.29) is 31.0 Å². The second kappa shape index (κ2) is 11.4. The molecule has 1 heterocycles. The van der Waals surface area contributed by atoms with Gasteiger partial charge in [-0.3, -0.25) is 10.1 Å². The Morgan fingerprint density at radius 2 is 1.71 bits per heavy atom. The number of piperazine rings is 1. The Morgan fingerprint density at radius 3 is 2.21 bits per heavy atom. The van der Waals surface area contributed by atoms with Crippen molar-refractivity contribution in [2.24, 2.45) is 5.92 Å². The average Bonchev–Trinajstić information content (AvgIpc) is 2.80. The van der Waals surface area contributed by atoms with Crippen LogP contribution in [0.4, 0.5) is 17.6 Å². The van der Waals surface area contributed by atoms with Gasteiger partial charge in [-0.05, 0) is 36.6 Å². The molecule has 2 aliphatic rings. The largest absolute Gasteiger partial charge is 0.480 e. The second-order valence-corrected chi connectivity index (χ2v) is 12.0. The SMILES string of the molecule is CC(C)CC(NC(C1=C(S(=O)(=O)N2CCN(C)CC2)C=C(c2ccccc2)C(O)(F)C1)C(F)(F)F)C(=O)O. The number of aliphatic hydroxyl groups is 1. The first-order chi connectivity index (χ1) is 17.5. The summed E-state index contributed by atoms with van der Waals surface area (Å²) in [6.45, 7) is 3.91. The van der Waals surface area contributed by atoms with Crippen LogP contribution in [0.15, 0.2) is 46.9 Å². The summed E-state index contributed by atoms with van der Waals surface area (Å²) < 4.78 is 87.7. The number of sulfonamides is 1. The van der Waals surface area contributed by atoms with Gasteiger partial charge in [0.1, 0.15) is 12.1 Å². The number of carboxylic acid groups (broad SMARTS) is 1. The van der Waals surface area contributed by atoms with Gasteiger partial charge < -0.3 is 15.1 Å². The van der Waals surface area contributed by atoms with E-state index in [2.05, 4.69) is 0 Å². The third kappa shape index (κ3) is 6.81. The van der Waals surface area contributed by atoms with Crippen LogP contribution in [0.25, 0.3) is 5.57 Å². The highest BCUT2D eigenvalue weighted by Gasteiger charge is 2.51. The van der Waals surface area contributed by atoms with Crippen LogP contribution in [0.1, 0.15) is 32.3 Å². The number of nitrogens with zero attached hydrogens (tertiary/aromatic N) is 2. The maximum absolute atomic E-state index is 15.7. The van der Waals surface area contributed by atoms with E-state index in [0.29, 0.717) is 13.1 Å². The van der Waals surface area contributed by atoms with E-state index in [4.69, 9.17) is 0 Å². The van der Waals surface area contributed by atoms with Gasteiger partial charge >= 0.3 is 12.1 Å². The van der Waals surface area contributed by atoms with Crippen molar-refractivity contribution in [1.29, 1.82) is 0 Å². The Kier molecular flexibility index (Phi) is 9.09. The summed E-state index contributed by atoms with van der Waals surface area (Å²) in [7, 11) is -2.81. The predicted molar refractivity (Wildman–Crippen MR) is 134 cm³/mol. The number of nitrogens with one attached hydrogen (secondary N) is 1. The lowest BCUT2D eigenvalue weighted by atomic mass is 9.85. The standard InChI is InChI=1S/C25H33F4N3O5S/c1-16(2)13-20(23(33)34)30-22(25(27,28)29)18-15-24(26,35)19(17-7-5-4-6-8-17)14-21(18)38(36,37)32-11-9-31(3)10-12-32/h4-8,14,16,20,22,30,35H,9-13,15H2,1-3H3,(H,33,34). The highest BCUT2D eigenvalue weighted by molar-refractivity contribution is 7.93. The molecule has 0 amide bonds. The molecule has 212 valence electrons. The molecule has 0 aromatic heterocycles. The van der Waals surface area contributed by atoms with Gasteiger partial charge in [-0.25, -0.2) is 12.8 Å². The number of benzene rings is 1. The van der Waals surface area contributed by atoms with E-state index in [1.807, 2.05) is 10.2 Å². The molecule has 0 spiro atoms. The first-order valence-electron chi connectivity index (χ1n) is 12.2. The third-order valence-electron chi connectivity index (χ3n) is 6.64. The fraction of sp³-hybridized carbons (Fsp3) is 0.560. The van der Waals surface area contributed by atoms with Crippen molar-refractivity contribution in [3.05, 3.63) is 52.4 Å². The molecule has 3 atom stereocenters. The van der Waals surface area contributed by atoms with Crippen LogP contribution in [0.2, 0.25) is 0 Å². The summed E-state index contributed by atoms with van der Waals surface area (Å²) in [5, 5.41) is 22.3. The molecule has 1 fully saturated rings. The van der Waals surface area contributed by atoms with Crippen LogP contribution in [0, 0.1) is 5.92 Å². The molecule has 3 rings (SSSR count). The van der Waals surface area contributed by atoms with Crippen LogP contribution in [-0.4, -0.2) is 91.1 Å². The Bertz CT molecular complexity index is 1180. The Balaban J connectivity index is 2.25. The molecule has 0 bridgehead atoms. The van der Waals surface area contributed by atoms with Crippen LogP contribution >= 0.6 is 0 Å². The molecule has 13 heteroatoms. The first kappa shape index (κ1) is 30.2. The van der Waals surface area contributed by atoms with Crippen molar-refractivity contribution in [1.82, 2.24) is 14.5 Å². The van der Waals surface area contributed by atoms with Gasteiger partial charge in [-0.2, -0.15) is 17.5 Å². The summed E-state index contributed by atoms with van der Waals surface area (Å²) in [5.74, 6) is -5.22. The van der Waals surface area contributed by atoms with E-state index < -0.39 is 62.6 Å². The highest BCUT2D eigenvalue weighted by Crippen LogP contribution is 2.45. The fourth-order valence-electron chi connectivity index (χ4n) is 4.65. The molecular formula is C25H33F4N3O5S. The molecule has 3 unspecified atom stereocenters. The quantitative estimate of drug-likeness (QED) is 0.397. The van der Waals surface area contributed by atoms with E-state index >= 15 is 4.39 Å². The topological polar surface area (TPSA) is 110 Å². The maximum atomic E-state index is 15.7. The number of carboxylic acids is 1. The molecule has 38 heavy (non-hydrogen) atoms. The van der Waals surface area contributed by atoms with Crippen LogP contribution in [0.3, 0.4) is 0 Å². The predicted octanol–water partition coefficient (Wildman–Crippen LogP) is 2.98. The lowest BCUT2D eigenvalue weighted by Gasteiger charge is -2.38. The monoisotopic (exact) mass is 563 g/mol. The minimum atomic E-state index is -5.20. The number of hydrogen-bond donors (Lipinski definition) is 3. The molecule has 3 N–H and O–H groups in total. The molecule has 8 nitrogen and oxygen atoms in total. The summed E-state index contributed by atoms with van der Waals surface area (Å²) in [6.07, 6.45) is -5.96. The molecule has 0 saturated carbocycles. The lowest BCUT2D eigenvalue weighted by Crippen LogP contribution is -2.54. The van der Waals surface area contributed by atoms with Gasteiger partial charge in [0.2, 0.25) is 15.9 Å². The van der Waals surface area contributed by atoms with Crippen LogP contribution in [-0.2, 0) is 14.8 Å². The number of aliphatic carboxylic acids is 1. The average molecular weight is 564 g/mol. The van der Waals surface area contributed by atoms with Crippen LogP contribution < -0.4 is 5.32 Å². The van der Waals surface area contributed by atoms with Gasteiger partial charge in [0.05, 0.1) is 4.91 Å². The summed E-state index contributed by atoms with van der Waals surface area (Å²) in [6, 6.07) is 2.92. The summed E-state index contributed by atoms with van der Waals surface area (Å²) in [5.41, 5.74) is -1.37. The molecule has 1 aromatic rings. The number of rotatable bonds is 9. The second-order valence-electron chi connectivity index (χ2n) is 10.1. The van der Waals surface area contributed by atoms with E-state index in [1.54, 1.807) is 27.0 Å². The zero-order chi connectivity index (χ0) is 28.5. The number of hydrogen-bond acceptors (Lipinski definition) is 6. The van der Waals surface area contributed by atoms with Crippen molar-refractivity contribution in [2.75, 3.05) is 33.2 Å². The first-order valence-corrected chi connectivity index (χ1v) is 13.6. The summed E-state index contributed by atoms with van der Waals surface area (Å²) in [4.78, 5) is 12.8. The minimum Gasteiger partial charge on any atom is -0.480 e. The Labute approximate surface area is 219 Å². The van der Waals surface area contributed by atoms with Crippen molar-refractivity contribution in [2.45, 2.75) is 50.8 Å². The van der Waals surface area contributed by atoms with Crippen molar-refractivity contribution in [3.8, 4) is 0 Å². The number of halogens is 4. The summed E-state index contributed by atoms with van der Waals surface area (Å²) >= 11 is 0. The Morgan fingerprint density at radius 1 is 1.13 bits per heavy atom. The third-order valence-corrected chi connectivity index (χ3v) is 8.62. The molecule has 1 aromatic carbocycles. The van der Waals surface area contributed by atoms with Gasteiger partial charge in [-0.1, -0.05) is 44.2 Å². The number of alkyl halides is 4. The van der Waals surface area contributed by atoms with Crippen molar-refractivity contribution in [3.63, 3.8) is 0 Å². The van der Waals surface area contributed by atoms with Gasteiger partial charge in [0, 0.05) is 38.2 Å². The van der Waals surface area contributed by atoms with Crippen molar-refractivity contribution < 1.29 is 41.0 Å². The van der Waals surface area contributed by atoms with E-state index in [1.165, 1.54) is 24.3 Å².